The lowest BCUT2D eigenvalue weighted by molar-refractivity contribution is 0.101. The Balaban J connectivity index is 1.61. The molecule has 0 fully saturated rings. The van der Waals surface area contributed by atoms with Crippen molar-refractivity contribution in [2.45, 2.75) is 6.92 Å². The van der Waals surface area contributed by atoms with Crippen LogP contribution in [0.1, 0.15) is 27.6 Å². The number of carbonyl (C=O) groups excluding carboxylic acids is 3. The van der Waals surface area contributed by atoms with E-state index in [4.69, 9.17) is 14.2 Å². The minimum atomic E-state index is -0.807. The van der Waals surface area contributed by atoms with E-state index in [1.807, 2.05) is 0 Å². The van der Waals surface area contributed by atoms with E-state index in [9.17, 15) is 14.4 Å². The van der Waals surface area contributed by atoms with Crippen molar-refractivity contribution in [1.29, 1.82) is 0 Å². The van der Waals surface area contributed by atoms with E-state index in [0.29, 0.717) is 28.3 Å². The lowest BCUT2D eigenvalue weighted by Crippen LogP contribution is -2.14. The largest absolute Gasteiger partial charge is 0.513 e. The van der Waals surface area contributed by atoms with Crippen LogP contribution in [0, 0.1) is 0 Å². The third-order valence-corrected chi connectivity index (χ3v) is 4.31. The number of carbonyl (C=O) groups is 3. The van der Waals surface area contributed by atoms with Gasteiger partial charge in [0, 0.05) is 22.5 Å². The first-order valence-corrected chi connectivity index (χ1v) is 9.80. The van der Waals surface area contributed by atoms with Crippen LogP contribution < -0.4 is 20.1 Å². The smallest absolute Gasteiger partial charge is 0.497 e. The summed E-state index contributed by atoms with van der Waals surface area (Å²) in [5, 5.41) is 5.56. The second-order valence-electron chi connectivity index (χ2n) is 6.53. The molecule has 0 aliphatic carbocycles. The minimum absolute atomic E-state index is 0.207. The van der Waals surface area contributed by atoms with Crippen molar-refractivity contribution >= 4 is 29.3 Å². The number of nitrogens with one attached hydrogen (secondary N) is 2. The van der Waals surface area contributed by atoms with Crippen molar-refractivity contribution in [1.82, 2.24) is 0 Å². The fourth-order valence-corrected chi connectivity index (χ4v) is 2.74. The number of hydrogen-bond donors (Lipinski definition) is 2. The molecule has 3 aromatic carbocycles. The molecule has 0 saturated carbocycles. The Morgan fingerprint density at radius 2 is 1.25 bits per heavy atom. The number of ether oxygens (including phenoxy) is 3. The molecular formula is C24H22N2O6. The molecule has 3 aromatic rings. The maximum absolute atomic E-state index is 12.5. The van der Waals surface area contributed by atoms with Crippen LogP contribution in [-0.2, 0) is 4.74 Å². The van der Waals surface area contributed by atoms with Gasteiger partial charge in [-0.15, -0.1) is 0 Å². The van der Waals surface area contributed by atoms with Gasteiger partial charge < -0.3 is 24.8 Å². The Kier molecular flexibility index (Phi) is 7.42. The van der Waals surface area contributed by atoms with E-state index in [1.54, 1.807) is 62.6 Å². The third-order valence-electron chi connectivity index (χ3n) is 4.31. The summed E-state index contributed by atoms with van der Waals surface area (Å²) in [4.78, 5) is 36.3. The van der Waals surface area contributed by atoms with E-state index >= 15 is 0 Å². The van der Waals surface area contributed by atoms with Gasteiger partial charge in [0.1, 0.15) is 11.5 Å². The van der Waals surface area contributed by atoms with Crippen molar-refractivity contribution in [2.75, 3.05) is 24.4 Å². The molecular weight excluding hydrogens is 412 g/mol. The van der Waals surface area contributed by atoms with E-state index < -0.39 is 6.16 Å². The third kappa shape index (κ3) is 6.09. The van der Waals surface area contributed by atoms with Gasteiger partial charge in [-0.05, 0) is 73.7 Å². The van der Waals surface area contributed by atoms with Gasteiger partial charge in [0.25, 0.3) is 11.8 Å². The van der Waals surface area contributed by atoms with E-state index in [-0.39, 0.29) is 24.2 Å². The Morgan fingerprint density at radius 1 is 0.750 bits per heavy atom. The average molecular weight is 434 g/mol. The highest BCUT2D eigenvalue weighted by atomic mass is 16.7. The monoisotopic (exact) mass is 434 g/mol. The van der Waals surface area contributed by atoms with Gasteiger partial charge in [0.05, 0.1) is 13.7 Å². The van der Waals surface area contributed by atoms with Crippen LogP contribution in [-0.4, -0.2) is 31.7 Å². The summed E-state index contributed by atoms with van der Waals surface area (Å²) in [7, 11) is 1.56. The topological polar surface area (TPSA) is 103 Å². The zero-order chi connectivity index (χ0) is 22.9. The molecule has 2 amide bonds. The Morgan fingerprint density at radius 3 is 1.72 bits per heavy atom. The average Bonchev–Trinajstić information content (AvgIpc) is 2.80. The fourth-order valence-electron chi connectivity index (χ4n) is 2.74. The molecule has 0 aliphatic heterocycles. The lowest BCUT2D eigenvalue weighted by Gasteiger charge is -2.10. The summed E-state index contributed by atoms with van der Waals surface area (Å²) in [6.07, 6.45) is -0.807. The molecule has 0 atom stereocenters. The number of amides is 2. The molecule has 0 spiro atoms. The lowest BCUT2D eigenvalue weighted by atomic mass is 10.2. The first kappa shape index (κ1) is 22.4. The van der Waals surface area contributed by atoms with Crippen LogP contribution in [0.5, 0.6) is 11.5 Å². The van der Waals surface area contributed by atoms with Crippen molar-refractivity contribution in [3.05, 3.63) is 83.9 Å². The standard InChI is InChI=1S/C24H22N2O6/c1-3-31-24(29)32-21-13-9-17(10-14-21)23(28)26-19-6-4-5-18(15-19)25-22(27)16-7-11-20(30-2)12-8-16/h4-15H,3H2,1-2H3,(H,25,27)(H,26,28). The quantitative estimate of drug-likeness (QED) is 0.411. The maximum atomic E-state index is 12.5. The summed E-state index contributed by atoms with van der Waals surface area (Å²) in [5.74, 6) is 0.287. The van der Waals surface area contributed by atoms with Crippen LogP contribution in [0.3, 0.4) is 0 Å². The van der Waals surface area contributed by atoms with Gasteiger partial charge >= 0.3 is 6.16 Å². The van der Waals surface area contributed by atoms with Crippen molar-refractivity contribution in [3.8, 4) is 11.5 Å². The van der Waals surface area contributed by atoms with Crippen molar-refractivity contribution in [3.63, 3.8) is 0 Å². The second kappa shape index (κ2) is 10.6. The Hall–Kier alpha value is -4.33. The highest BCUT2D eigenvalue weighted by Gasteiger charge is 2.10. The van der Waals surface area contributed by atoms with Crippen LogP contribution in [0.15, 0.2) is 72.8 Å². The summed E-state index contributed by atoms with van der Waals surface area (Å²) in [6, 6.07) is 19.6. The van der Waals surface area contributed by atoms with Crippen molar-refractivity contribution < 1.29 is 28.6 Å². The number of rotatable bonds is 7. The zero-order valence-corrected chi connectivity index (χ0v) is 17.6. The number of anilines is 2. The predicted molar refractivity (Wildman–Crippen MR) is 119 cm³/mol. The molecule has 0 aromatic heterocycles. The van der Waals surface area contributed by atoms with Gasteiger partial charge in [0.15, 0.2) is 0 Å². The molecule has 0 heterocycles. The molecule has 0 unspecified atom stereocenters. The molecule has 3 rings (SSSR count). The second-order valence-corrected chi connectivity index (χ2v) is 6.53. The van der Waals surface area contributed by atoms with Gasteiger partial charge in [-0.1, -0.05) is 6.07 Å². The molecule has 2 N–H and O–H groups in total. The minimum Gasteiger partial charge on any atom is -0.497 e. The summed E-state index contributed by atoms with van der Waals surface area (Å²) < 4.78 is 14.8. The number of benzene rings is 3. The van der Waals surface area contributed by atoms with Crippen LogP contribution in [0.25, 0.3) is 0 Å². The highest BCUT2D eigenvalue weighted by molar-refractivity contribution is 6.06. The molecule has 0 radical (unpaired) electrons. The molecule has 0 aliphatic rings. The van der Waals surface area contributed by atoms with Gasteiger partial charge in [-0.2, -0.15) is 0 Å². The summed E-state index contributed by atoms with van der Waals surface area (Å²) in [6.45, 7) is 1.88. The van der Waals surface area contributed by atoms with Crippen LogP contribution in [0.4, 0.5) is 16.2 Å². The Labute approximate surface area is 185 Å². The van der Waals surface area contributed by atoms with E-state index in [1.165, 1.54) is 24.3 Å². The summed E-state index contributed by atoms with van der Waals surface area (Å²) in [5.41, 5.74) is 1.88. The first-order chi connectivity index (χ1) is 15.5. The van der Waals surface area contributed by atoms with Crippen LogP contribution in [0.2, 0.25) is 0 Å². The van der Waals surface area contributed by atoms with Crippen LogP contribution >= 0.6 is 0 Å². The normalized spacial score (nSPS) is 10.1. The predicted octanol–water partition coefficient (Wildman–Crippen LogP) is 4.74. The van der Waals surface area contributed by atoms with Crippen molar-refractivity contribution in [2.24, 2.45) is 0 Å². The fraction of sp³-hybridized carbons (Fsp3) is 0.125. The number of hydrogen-bond acceptors (Lipinski definition) is 6. The molecule has 164 valence electrons. The SMILES string of the molecule is CCOC(=O)Oc1ccc(C(=O)Nc2cccc(NC(=O)c3ccc(OC)cc3)c2)cc1. The van der Waals surface area contributed by atoms with Gasteiger partial charge in [-0.25, -0.2) is 4.79 Å². The molecule has 8 heteroatoms. The Bertz CT molecular complexity index is 1090. The molecule has 32 heavy (non-hydrogen) atoms. The van der Waals surface area contributed by atoms with Gasteiger partial charge in [0.2, 0.25) is 0 Å². The first-order valence-electron chi connectivity index (χ1n) is 9.80. The van der Waals surface area contributed by atoms with E-state index in [0.717, 1.165) is 0 Å². The summed E-state index contributed by atoms with van der Waals surface area (Å²) >= 11 is 0. The molecule has 0 bridgehead atoms. The van der Waals surface area contributed by atoms with Gasteiger partial charge in [-0.3, -0.25) is 9.59 Å². The molecule has 8 nitrogen and oxygen atoms in total. The highest BCUT2D eigenvalue weighted by Crippen LogP contribution is 2.19. The molecule has 0 saturated heterocycles. The van der Waals surface area contributed by atoms with E-state index in [2.05, 4.69) is 10.6 Å². The maximum Gasteiger partial charge on any atom is 0.513 e. The zero-order valence-electron chi connectivity index (χ0n) is 17.6. The number of methoxy groups -OCH3 is 1.